The van der Waals surface area contributed by atoms with E-state index in [4.69, 9.17) is 0 Å². The Bertz CT molecular complexity index is 1410. The van der Waals surface area contributed by atoms with Crippen LogP contribution in [0.2, 0.25) is 0 Å². The van der Waals surface area contributed by atoms with Crippen molar-refractivity contribution >= 4 is 74.9 Å². The second-order valence-electron chi connectivity index (χ2n) is 9.25. The molecule has 5 aromatic carbocycles. The summed E-state index contributed by atoms with van der Waals surface area (Å²) in [4.78, 5) is 2.67. The topological polar surface area (TPSA) is 3.24 Å². The van der Waals surface area contributed by atoms with Crippen molar-refractivity contribution in [3.8, 4) is 0 Å². The minimum atomic E-state index is 1.07. The van der Waals surface area contributed by atoms with Crippen molar-refractivity contribution < 1.29 is 0 Å². The Morgan fingerprint density at radius 2 is 1.30 bits per heavy atom. The van der Waals surface area contributed by atoms with Gasteiger partial charge < -0.3 is 4.90 Å². The fourth-order valence-electron chi connectivity index (χ4n) is 5.34. The first-order valence-corrected chi connectivity index (χ1v) is 13.9. The Balaban J connectivity index is 1.68. The number of unbranched alkanes of at least 4 members (excludes halogenated alkanes) is 2. The lowest BCUT2D eigenvalue weighted by molar-refractivity contribution is 0.268. The van der Waals surface area contributed by atoms with E-state index in [1.54, 1.807) is 0 Å². The minimum absolute atomic E-state index is 1.07. The van der Waals surface area contributed by atoms with Crippen molar-refractivity contribution in [1.82, 2.24) is 4.90 Å². The smallest absolute Gasteiger partial charge is 0.0293 e. The van der Waals surface area contributed by atoms with Crippen LogP contribution in [-0.2, 0) is 6.42 Å². The lowest BCUT2D eigenvalue weighted by Gasteiger charge is -2.23. The molecule has 0 saturated heterocycles. The lowest BCUT2D eigenvalue weighted by Crippen LogP contribution is -2.28. The summed E-state index contributed by atoms with van der Waals surface area (Å²) in [5, 5.41) is 10.7. The van der Waals surface area contributed by atoms with Crippen LogP contribution in [0.1, 0.15) is 45.1 Å². The van der Waals surface area contributed by atoms with E-state index in [0.717, 1.165) is 13.0 Å². The lowest BCUT2D eigenvalue weighted by atomic mass is 9.88. The number of halogens is 2. The average molecular weight is 565 g/mol. The molecule has 0 aromatic heterocycles. The fraction of sp³-hybridized carbons (Fsp3) is 0.333. The molecule has 0 aliphatic rings. The highest BCUT2D eigenvalue weighted by molar-refractivity contribution is 9.11. The predicted molar refractivity (Wildman–Crippen MR) is 153 cm³/mol. The number of hydrogen-bond donors (Lipinski definition) is 0. The maximum Gasteiger partial charge on any atom is 0.0293 e. The van der Waals surface area contributed by atoms with Crippen molar-refractivity contribution in [2.45, 2.75) is 46.0 Å². The number of fused-ring (bicyclic) bond motifs is 2. The van der Waals surface area contributed by atoms with Gasteiger partial charge in [-0.1, -0.05) is 85.1 Å². The van der Waals surface area contributed by atoms with Crippen molar-refractivity contribution in [1.29, 1.82) is 0 Å². The predicted octanol–water partition coefficient (Wildman–Crippen LogP) is 9.71. The SMILES string of the molecule is CCCCN(CCCC)CCc1cc2cccc3c4c(Br)ccc5cccc(c(c1Br)c23)c54. The molecule has 0 atom stereocenters. The Labute approximate surface area is 213 Å². The van der Waals surface area contributed by atoms with Crippen LogP contribution in [0.15, 0.2) is 63.5 Å². The molecule has 33 heavy (non-hydrogen) atoms. The molecule has 0 heterocycles. The first-order chi connectivity index (χ1) is 16.1. The molecule has 0 fully saturated rings. The van der Waals surface area contributed by atoms with E-state index in [0.29, 0.717) is 0 Å². The molecule has 0 radical (unpaired) electrons. The molecule has 170 valence electrons. The summed E-state index contributed by atoms with van der Waals surface area (Å²) >= 11 is 7.95. The minimum Gasteiger partial charge on any atom is -0.303 e. The largest absolute Gasteiger partial charge is 0.303 e. The second-order valence-corrected chi connectivity index (χ2v) is 10.9. The van der Waals surface area contributed by atoms with Gasteiger partial charge in [0, 0.05) is 26.3 Å². The molecule has 0 unspecified atom stereocenters. The Kier molecular flexibility index (Phi) is 6.92. The molecular formula is C30H31Br2N. The molecule has 0 bridgehead atoms. The van der Waals surface area contributed by atoms with Gasteiger partial charge >= 0.3 is 0 Å². The second kappa shape index (κ2) is 9.90. The monoisotopic (exact) mass is 563 g/mol. The van der Waals surface area contributed by atoms with E-state index in [9.17, 15) is 0 Å². The molecule has 0 aliphatic carbocycles. The number of benzene rings is 5. The van der Waals surface area contributed by atoms with Crippen LogP contribution in [-0.4, -0.2) is 24.5 Å². The van der Waals surface area contributed by atoms with Gasteiger partial charge in [0.2, 0.25) is 0 Å². The Hall–Kier alpha value is -1.68. The zero-order valence-corrected chi connectivity index (χ0v) is 22.7. The molecular weight excluding hydrogens is 534 g/mol. The van der Waals surface area contributed by atoms with E-state index >= 15 is 0 Å². The molecule has 0 aliphatic heterocycles. The van der Waals surface area contributed by atoms with E-state index in [1.165, 1.54) is 96.4 Å². The van der Waals surface area contributed by atoms with E-state index < -0.39 is 0 Å². The van der Waals surface area contributed by atoms with E-state index in [1.807, 2.05) is 0 Å². The van der Waals surface area contributed by atoms with Gasteiger partial charge in [-0.3, -0.25) is 0 Å². The summed E-state index contributed by atoms with van der Waals surface area (Å²) in [5.41, 5.74) is 1.42. The Morgan fingerprint density at radius 1 is 0.667 bits per heavy atom. The molecule has 0 amide bonds. The summed E-state index contributed by atoms with van der Waals surface area (Å²) in [6, 6.07) is 20.4. The summed E-state index contributed by atoms with van der Waals surface area (Å²) < 4.78 is 2.44. The normalized spacial score (nSPS) is 12.3. The van der Waals surface area contributed by atoms with Gasteiger partial charge in [0.15, 0.2) is 0 Å². The van der Waals surface area contributed by atoms with Crippen LogP contribution in [0, 0.1) is 0 Å². The van der Waals surface area contributed by atoms with Crippen LogP contribution in [0.5, 0.6) is 0 Å². The van der Waals surface area contributed by atoms with Gasteiger partial charge in [-0.05, 0) is 98.3 Å². The average Bonchev–Trinajstić information content (AvgIpc) is 2.83. The van der Waals surface area contributed by atoms with E-state index in [2.05, 4.69) is 105 Å². The third-order valence-electron chi connectivity index (χ3n) is 7.06. The van der Waals surface area contributed by atoms with Gasteiger partial charge in [-0.15, -0.1) is 0 Å². The summed E-state index contributed by atoms with van der Waals surface area (Å²) in [6.45, 7) is 8.11. The first-order valence-electron chi connectivity index (χ1n) is 12.3. The van der Waals surface area contributed by atoms with Crippen LogP contribution < -0.4 is 0 Å². The first kappa shape index (κ1) is 23.1. The number of hydrogen-bond acceptors (Lipinski definition) is 1. The maximum absolute atomic E-state index is 4.09. The van der Waals surface area contributed by atoms with Crippen molar-refractivity contribution in [2.24, 2.45) is 0 Å². The fourth-order valence-corrected chi connectivity index (χ4v) is 6.61. The highest BCUT2D eigenvalue weighted by atomic mass is 79.9. The van der Waals surface area contributed by atoms with Crippen molar-refractivity contribution in [2.75, 3.05) is 19.6 Å². The summed E-state index contributed by atoms with van der Waals surface area (Å²) in [7, 11) is 0. The summed E-state index contributed by atoms with van der Waals surface area (Å²) in [6.07, 6.45) is 6.15. The Morgan fingerprint density at radius 3 is 2.00 bits per heavy atom. The van der Waals surface area contributed by atoms with Gasteiger partial charge in [0.05, 0.1) is 0 Å². The highest BCUT2D eigenvalue weighted by Gasteiger charge is 2.19. The third-order valence-corrected chi connectivity index (χ3v) is 8.63. The van der Waals surface area contributed by atoms with Crippen molar-refractivity contribution in [3.05, 3.63) is 69.1 Å². The maximum atomic E-state index is 4.09. The zero-order valence-electron chi connectivity index (χ0n) is 19.6. The van der Waals surface area contributed by atoms with Gasteiger partial charge in [0.25, 0.3) is 0 Å². The number of nitrogens with zero attached hydrogens (tertiary/aromatic N) is 1. The summed E-state index contributed by atoms with van der Waals surface area (Å²) in [5.74, 6) is 0. The molecule has 1 nitrogen and oxygen atoms in total. The van der Waals surface area contributed by atoms with E-state index in [-0.39, 0.29) is 0 Å². The molecule has 0 spiro atoms. The van der Waals surface area contributed by atoms with Crippen LogP contribution >= 0.6 is 31.9 Å². The zero-order chi connectivity index (χ0) is 22.9. The molecule has 5 rings (SSSR count). The van der Waals surface area contributed by atoms with Crippen LogP contribution in [0.3, 0.4) is 0 Å². The highest BCUT2D eigenvalue weighted by Crippen LogP contribution is 2.46. The standard InChI is InChI=1S/C30H31Br2N/c1-3-5-16-33(17-6-4-2)18-15-22-19-21-10-8-11-23-27(21)29(30(22)32)24-12-7-9-20-13-14-25(31)28(23)26(20)24/h7-14,19H,3-6,15-18H2,1-2H3. The molecule has 0 N–H and O–H groups in total. The number of rotatable bonds is 9. The molecule has 5 aromatic rings. The van der Waals surface area contributed by atoms with Gasteiger partial charge in [-0.25, -0.2) is 0 Å². The van der Waals surface area contributed by atoms with Crippen LogP contribution in [0.25, 0.3) is 43.1 Å². The molecule has 0 saturated carbocycles. The van der Waals surface area contributed by atoms with Gasteiger partial charge in [0.1, 0.15) is 0 Å². The van der Waals surface area contributed by atoms with Crippen LogP contribution in [0.4, 0.5) is 0 Å². The van der Waals surface area contributed by atoms with Crippen molar-refractivity contribution in [3.63, 3.8) is 0 Å². The third kappa shape index (κ3) is 4.17. The quantitative estimate of drug-likeness (QED) is 0.127. The van der Waals surface area contributed by atoms with Gasteiger partial charge in [-0.2, -0.15) is 0 Å². The molecule has 3 heteroatoms.